The summed E-state index contributed by atoms with van der Waals surface area (Å²) in [6.07, 6.45) is -1.97. The molecule has 0 saturated heterocycles. The summed E-state index contributed by atoms with van der Waals surface area (Å²) < 4.78 is 14.9. The number of ketones is 1. The van der Waals surface area contributed by atoms with Crippen LogP contribution < -0.4 is 11.1 Å². The van der Waals surface area contributed by atoms with E-state index in [4.69, 9.17) is 15.5 Å². The molecule has 9 nitrogen and oxygen atoms in total. The van der Waals surface area contributed by atoms with E-state index in [1.807, 2.05) is 0 Å². The fourth-order valence-corrected chi connectivity index (χ4v) is 1.79. The molecule has 0 aliphatic heterocycles. The van der Waals surface area contributed by atoms with Gasteiger partial charge in [-0.05, 0) is 6.92 Å². The van der Waals surface area contributed by atoms with Gasteiger partial charge in [-0.2, -0.15) is 0 Å². The number of carbonyl (C=O) groups excluding carboxylic acids is 3. The van der Waals surface area contributed by atoms with Crippen LogP contribution in [0.5, 0.6) is 0 Å². The minimum absolute atomic E-state index is 0.612. The maximum Gasteiger partial charge on any atom is 0.469 e. The lowest BCUT2D eigenvalue weighted by molar-refractivity contribution is -0.132. The lowest BCUT2D eigenvalue weighted by Gasteiger charge is -2.23. The van der Waals surface area contributed by atoms with E-state index in [2.05, 4.69) is 9.84 Å². The van der Waals surface area contributed by atoms with E-state index in [9.17, 15) is 18.9 Å². The van der Waals surface area contributed by atoms with Crippen molar-refractivity contribution >= 4 is 25.4 Å². The molecule has 10 heteroatoms. The molecule has 2 amide bonds. The van der Waals surface area contributed by atoms with Gasteiger partial charge >= 0.3 is 7.82 Å². The normalized spacial score (nSPS) is 14.7. The summed E-state index contributed by atoms with van der Waals surface area (Å²) in [4.78, 5) is 50.3. The van der Waals surface area contributed by atoms with E-state index >= 15 is 0 Å². The zero-order chi connectivity index (χ0) is 14.5. The number of hydrogen-bond acceptors (Lipinski definition) is 5. The number of Topliss-reactive ketones (excluding diaryl/α,β-unsaturated/α-hetero) is 1. The molecular formula is C8H15N2O7P. The topological polar surface area (TPSA) is 156 Å². The second-order valence-electron chi connectivity index (χ2n) is 3.59. The van der Waals surface area contributed by atoms with Crippen LogP contribution in [0.3, 0.4) is 0 Å². The molecule has 104 valence electrons. The Morgan fingerprint density at radius 2 is 1.89 bits per heavy atom. The molecule has 0 rings (SSSR count). The lowest BCUT2D eigenvalue weighted by Crippen LogP contribution is -2.48. The van der Waals surface area contributed by atoms with Gasteiger partial charge in [0, 0.05) is 6.92 Å². The van der Waals surface area contributed by atoms with Crippen LogP contribution in [0.2, 0.25) is 0 Å². The molecule has 0 radical (unpaired) electrons. The Morgan fingerprint density at radius 1 is 1.39 bits per heavy atom. The van der Waals surface area contributed by atoms with Gasteiger partial charge in [-0.1, -0.05) is 0 Å². The highest BCUT2D eigenvalue weighted by molar-refractivity contribution is 7.46. The molecule has 0 aromatic rings. The number of nitrogens with two attached hydrogens (primary N) is 1. The van der Waals surface area contributed by atoms with Crippen molar-refractivity contribution < 1.29 is 33.3 Å². The summed E-state index contributed by atoms with van der Waals surface area (Å²) in [6, 6.07) is -1.36. The highest BCUT2D eigenvalue weighted by atomic mass is 31.2. The van der Waals surface area contributed by atoms with E-state index in [1.165, 1.54) is 6.92 Å². The predicted molar refractivity (Wildman–Crippen MR) is 59.0 cm³/mol. The summed E-state index contributed by atoms with van der Waals surface area (Å²) in [5.41, 5.74) is 4.82. The molecule has 5 N–H and O–H groups in total. The van der Waals surface area contributed by atoms with E-state index in [1.54, 1.807) is 0 Å². The van der Waals surface area contributed by atoms with Crippen LogP contribution in [0.15, 0.2) is 0 Å². The predicted octanol–water partition coefficient (Wildman–Crippen LogP) is -1.57. The maximum atomic E-state index is 11.6. The molecular weight excluding hydrogens is 267 g/mol. The molecule has 0 bridgehead atoms. The Labute approximate surface area is 103 Å². The van der Waals surface area contributed by atoms with Crippen molar-refractivity contribution in [2.75, 3.05) is 0 Å². The van der Waals surface area contributed by atoms with Crippen LogP contribution in [0.4, 0.5) is 0 Å². The molecule has 0 fully saturated rings. The minimum atomic E-state index is -4.81. The molecule has 0 saturated carbocycles. The fourth-order valence-electron chi connectivity index (χ4n) is 1.24. The van der Waals surface area contributed by atoms with Gasteiger partial charge in [0.05, 0.1) is 12.5 Å². The van der Waals surface area contributed by atoms with Crippen LogP contribution in [-0.2, 0) is 23.5 Å². The van der Waals surface area contributed by atoms with E-state index in [-0.39, 0.29) is 0 Å². The molecule has 0 aliphatic carbocycles. The monoisotopic (exact) mass is 282 g/mol. The van der Waals surface area contributed by atoms with Gasteiger partial charge in [0.15, 0.2) is 5.78 Å². The van der Waals surface area contributed by atoms with Crippen LogP contribution >= 0.6 is 7.82 Å². The molecule has 18 heavy (non-hydrogen) atoms. The third-order valence-corrected chi connectivity index (χ3v) is 2.43. The first-order valence-corrected chi connectivity index (χ1v) is 6.38. The molecule has 0 heterocycles. The van der Waals surface area contributed by atoms with Crippen molar-refractivity contribution in [3.05, 3.63) is 0 Å². The Hall–Kier alpha value is -1.28. The summed E-state index contributed by atoms with van der Waals surface area (Å²) in [6.45, 7) is 2.29. The lowest BCUT2D eigenvalue weighted by atomic mass is 10.0. The number of rotatable bonds is 7. The number of phosphoric acid groups is 1. The largest absolute Gasteiger partial charge is 0.469 e. The SMILES string of the molecule is CC(=O)N[C@H](C(=O)CC(N)=O)C(C)OP(=O)(O)O. The maximum absolute atomic E-state index is 11.6. The molecule has 2 atom stereocenters. The highest BCUT2D eigenvalue weighted by Crippen LogP contribution is 2.38. The van der Waals surface area contributed by atoms with Crippen molar-refractivity contribution in [2.24, 2.45) is 5.73 Å². The first kappa shape index (κ1) is 16.7. The third kappa shape index (κ3) is 7.13. The summed E-state index contributed by atoms with van der Waals surface area (Å²) in [5.74, 6) is -2.32. The van der Waals surface area contributed by atoms with Gasteiger partial charge in [0.25, 0.3) is 0 Å². The number of primary amides is 1. The second-order valence-corrected chi connectivity index (χ2v) is 4.78. The summed E-state index contributed by atoms with van der Waals surface area (Å²) in [7, 11) is -4.81. The smallest absolute Gasteiger partial charge is 0.369 e. The Bertz CT molecular complexity index is 391. The van der Waals surface area contributed by atoms with Crippen molar-refractivity contribution in [3.8, 4) is 0 Å². The Balaban J connectivity index is 4.87. The van der Waals surface area contributed by atoms with E-state index in [0.29, 0.717) is 0 Å². The quantitative estimate of drug-likeness (QED) is 0.324. The number of phosphoric ester groups is 1. The number of hydrogen-bond donors (Lipinski definition) is 4. The zero-order valence-electron chi connectivity index (χ0n) is 9.82. The van der Waals surface area contributed by atoms with Crippen molar-refractivity contribution in [2.45, 2.75) is 32.4 Å². The number of nitrogens with one attached hydrogen (secondary N) is 1. The zero-order valence-corrected chi connectivity index (χ0v) is 10.7. The minimum Gasteiger partial charge on any atom is -0.369 e. The molecule has 1 unspecified atom stereocenters. The molecule has 0 aromatic heterocycles. The molecule has 0 spiro atoms. The summed E-state index contributed by atoms with van der Waals surface area (Å²) >= 11 is 0. The third-order valence-electron chi connectivity index (χ3n) is 1.83. The summed E-state index contributed by atoms with van der Waals surface area (Å²) in [5, 5.41) is 2.14. The number of amides is 2. The van der Waals surface area contributed by atoms with Crippen LogP contribution in [0.1, 0.15) is 20.3 Å². The van der Waals surface area contributed by atoms with Crippen LogP contribution in [0, 0.1) is 0 Å². The van der Waals surface area contributed by atoms with Gasteiger partial charge in [0.2, 0.25) is 11.8 Å². The van der Waals surface area contributed by atoms with Crippen LogP contribution in [-0.4, -0.2) is 39.5 Å². The van der Waals surface area contributed by atoms with Crippen molar-refractivity contribution in [3.63, 3.8) is 0 Å². The second kappa shape index (κ2) is 6.60. The van der Waals surface area contributed by atoms with E-state index in [0.717, 1.165) is 6.92 Å². The van der Waals surface area contributed by atoms with E-state index < -0.39 is 44.0 Å². The average Bonchev–Trinajstić information content (AvgIpc) is 2.09. The van der Waals surface area contributed by atoms with Crippen molar-refractivity contribution in [1.82, 2.24) is 5.32 Å². The van der Waals surface area contributed by atoms with Gasteiger partial charge in [-0.3, -0.25) is 18.9 Å². The van der Waals surface area contributed by atoms with Gasteiger partial charge in [-0.25, -0.2) is 4.57 Å². The standard InChI is InChI=1S/C8H15N2O7P/c1-4(17-18(14,15)16)8(10-5(2)11)6(12)3-7(9)13/h4,8H,3H2,1-2H3,(H2,9,13)(H,10,11)(H2,14,15,16)/t4?,8-/m0/s1. The van der Waals surface area contributed by atoms with Gasteiger partial charge < -0.3 is 20.8 Å². The average molecular weight is 282 g/mol. The first-order chi connectivity index (χ1) is 8.03. The number of carbonyl (C=O) groups is 3. The highest BCUT2D eigenvalue weighted by Gasteiger charge is 2.32. The Morgan fingerprint density at radius 3 is 2.22 bits per heavy atom. The van der Waals surface area contributed by atoms with Gasteiger partial charge in [-0.15, -0.1) is 0 Å². The first-order valence-electron chi connectivity index (χ1n) is 4.85. The van der Waals surface area contributed by atoms with Gasteiger partial charge in [0.1, 0.15) is 6.04 Å². The van der Waals surface area contributed by atoms with Crippen molar-refractivity contribution in [1.29, 1.82) is 0 Å². The molecule has 0 aliphatic rings. The van der Waals surface area contributed by atoms with Crippen LogP contribution in [0.25, 0.3) is 0 Å². The molecule has 0 aromatic carbocycles. The fraction of sp³-hybridized carbons (Fsp3) is 0.625. The Kier molecular flexibility index (Phi) is 6.13.